The van der Waals surface area contributed by atoms with Crippen molar-refractivity contribution in [2.75, 3.05) is 19.0 Å². The zero-order valence-electron chi connectivity index (χ0n) is 8.62. The third-order valence-electron chi connectivity index (χ3n) is 2.00. The number of rotatable bonds is 6. The van der Waals surface area contributed by atoms with E-state index in [1.807, 2.05) is 30.3 Å². The normalized spacial score (nSPS) is 9.50. The van der Waals surface area contributed by atoms with Crippen LogP contribution in [0.3, 0.4) is 0 Å². The molecule has 2 nitrogen and oxygen atoms in total. The molecule has 0 heterocycles. The van der Waals surface area contributed by atoms with E-state index in [-0.39, 0.29) is 0 Å². The first-order valence-electron chi connectivity index (χ1n) is 4.85. The second kappa shape index (κ2) is 6.08. The van der Waals surface area contributed by atoms with E-state index in [1.54, 1.807) is 7.11 Å². The van der Waals surface area contributed by atoms with Crippen molar-refractivity contribution < 1.29 is 4.74 Å². The molecule has 0 bridgehead atoms. The monoisotopic (exact) mass is 191 g/mol. The van der Waals surface area contributed by atoms with E-state index in [9.17, 15) is 0 Å². The maximum absolute atomic E-state index is 5.07. The number of unbranched alkanes of at least 4 members (excludes halogenated alkanes) is 1. The van der Waals surface area contributed by atoms with Crippen molar-refractivity contribution in [1.29, 1.82) is 0 Å². The summed E-state index contributed by atoms with van der Waals surface area (Å²) in [6.45, 7) is 4.67. The minimum atomic E-state index is 0.890. The Morgan fingerprint density at radius 2 is 2.07 bits per heavy atom. The molecule has 0 aromatic heterocycles. The maximum atomic E-state index is 5.07. The summed E-state index contributed by atoms with van der Waals surface area (Å²) >= 11 is 0. The first-order chi connectivity index (χ1) is 6.86. The van der Waals surface area contributed by atoms with E-state index in [4.69, 9.17) is 4.74 Å². The molecule has 0 amide bonds. The lowest BCUT2D eigenvalue weighted by Gasteiger charge is -2.06. The topological polar surface area (TPSA) is 21.3 Å². The van der Waals surface area contributed by atoms with Gasteiger partial charge in [-0.05, 0) is 37.1 Å². The lowest BCUT2D eigenvalue weighted by Crippen LogP contribution is -2.00. The van der Waals surface area contributed by atoms with Gasteiger partial charge in [0.05, 0.1) is 7.11 Å². The summed E-state index contributed by atoms with van der Waals surface area (Å²) in [6.07, 6.45) is 4.12. The Morgan fingerprint density at radius 1 is 1.36 bits per heavy atom. The Morgan fingerprint density at radius 3 is 2.64 bits per heavy atom. The molecule has 0 saturated heterocycles. The van der Waals surface area contributed by atoms with Gasteiger partial charge in [-0.15, -0.1) is 6.58 Å². The molecule has 0 aliphatic heterocycles. The average Bonchev–Trinajstić information content (AvgIpc) is 2.25. The van der Waals surface area contributed by atoms with Crippen LogP contribution in [0.4, 0.5) is 5.69 Å². The Kier molecular flexibility index (Phi) is 4.62. The van der Waals surface area contributed by atoms with Crippen molar-refractivity contribution in [3.8, 4) is 5.75 Å². The molecule has 1 N–H and O–H groups in total. The summed E-state index contributed by atoms with van der Waals surface area (Å²) in [7, 11) is 1.67. The van der Waals surface area contributed by atoms with Crippen LogP contribution in [0.2, 0.25) is 0 Å². The minimum absolute atomic E-state index is 0.890. The van der Waals surface area contributed by atoms with Crippen molar-refractivity contribution in [2.24, 2.45) is 0 Å². The fourth-order valence-corrected chi connectivity index (χ4v) is 1.19. The van der Waals surface area contributed by atoms with E-state index in [0.717, 1.165) is 30.8 Å². The van der Waals surface area contributed by atoms with Gasteiger partial charge >= 0.3 is 0 Å². The molecule has 1 aromatic rings. The number of benzene rings is 1. The second-order valence-electron chi connectivity index (χ2n) is 3.09. The maximum Gasteiger partial charge on any atom is 0.119 e. The van der Waals surface area contributed by atoms with Crippen LogP contribution < -0.4 is 10.1 Å². The van der Waals surface area contributed by atoms with Gasteiger partial charge in [-0.25, -0.2) is 0 Å². The Hall–Kier alpha value is -1.44. The van der Waals surface area contributed by atoms with Gasteiger partial charge in [0.2, 0.25) is 0 Å². The summed E-state index contributed by atoms with van der Waals surface area (Å²) in [5.74, 6) is 0.890. The van der Waals surface area contributed by atoms with E-state index < -0.39 is 0 Å². The lowest BCUT2D eigenvalue weighted by molar-refractivity contribution is 0.415. The largest absolute Gasteiger partial charge is 0.497 e. The number of allylic oxidation sites excluding steroid dienone is 1. The standard InChI is InChI=1S/C12H17NO/c1-3-4-5-10-13-11-6-8-12(14-2)9-7-11/h3,6-9,13H,1,4-5,10H2,2H3. The summed E-state index contributed by atoms with van der Waals surface area (Å²) in [5, 5.41) is 3.33. The van der Waals surface area contributed by atoms with E-state index in [1.165, 1.54) is 0 Å². The van der Waals surface area contributed by atoms with Gasteiger partial charge in [-0.3, -0.25) is 0 Å². The third-order valence-corrected chi connectivity index (χ3v) is 2.00. The molecule has 0 saturated carbocycles. The zero-order valence-corrected chi connectivity index (χ0v) is 8.62. The average molecular weight is 191 g/mol. The highest BCUT2D eigenvalue weighted by molar-refractivity contribution is 5.46. The molecule has 0 aliphatic carbocycles. The molecule has 0 atom stereocenters. The van der Waals surface area contributed by atoms with Gasteiger partial charge in [-0.2, -0.15) is 0 Å². The number of anilines is 1. The molecular weight excluding hydrogens is 174 g/mol. The van der Waals surface area contributed by atoms with Crippen LogP contribution >= 0.6 is 0 Å². The summed E-state index contributed by atoms with van der Waals surface area (Å²) < 4.78 is 5.07. The first-order valence-corrected chi connectivity index (χ1v) is 4.85. The number of methoxy groups -OCH3 is 1. The third kappa shape index (κ3) is 3.52. The van der Waals surface area contributed by atoms with Crippen molar-refractivity contribution in [2.45, 2.75) is 12.8 Å². The van der Waals surface area contributed by atoms with Crippen LogP contribution in [0.15, 0.2) is 36.9 Å². The second-order valence-corrected chi connectivity index (χ2v) is 3.09. The molecule has 1 aromatic carbocycles. The number of ether oxygens (including phenoxy) is 1. The number of hydrogen-bond donors (Lipinski definition) is 1. The van der Waals surface area contributed by atoms with Crippen LogP contribution in [0.25, 0.3) is 0 Å². The summed E-state index contributed by atoms with van der Waals surface area (Å²) in [5.41, 5.74) is 1.13. The minimum Gasteiger partial charge on any atom is -0.497 e. The van der Waals surface area contributed by atoms with Crippen LogP contribution in [-0.2, 0) is 0 Å². The van der Waals surface area contributed by atoms with Gasteiger partial charge in [0.1, 0.15) is 5.75 Å². The highest BCUT2D eigenvalue weighted by atomic mass is 16.5. The molecule has 0 fully saturated rings. The molecule has 2 heteroatoms. The molecule has 14 heavy (non-hydrogen) atoms. The summed E-state index contributed by atoms with van der Waals surface area (Å²) in [4.78, 5) is 0. The molecule has 76 valence electrons. The van der Waals surface area contributed by atoms with Crippen molar-refractivity contribution in [1.82, 2.24) is 0 Å². The SMILES string of the molecule is C=CCCCNc1ccc(OC)cc1. The van der Waals surface area contributed by atoms with Gasteiger partial charge in [0.15, 0.2) is 0 Å². The van der Waals surface area contributed by atoms with Crippen molar-refractivity contribution in [3.05, 3.63) is 36.9 Å². The molecule has 0 aliphatic rings. The van der Waals surface area contributed by atoms with E-state index >= 15 is 0 Å². The Labute approximate surface area is 85.6 Å². The molecule has 0 unspecified atom stereocenters. The fraction of sp³-hybridized carbons (Fsp3) is 0.333. The first kappa shape index (κ1) is 10.6. The van der Waals surface area contributed by atoms with Gasteiger partial charge in [0, 0.05) is 12.2 Å². The summed E-state index contributed by atoms with van der Waals surface area (Å²) in [6, 6.07) is 7.95. The van der Waals surface area contributed by atoms with Crippen molar-refractivity contribution in [3.63, 3.8) is 0 Å². The molecule has 0 radical (unpaired) electrons. The van der Waals surface area contributed by atoms with Gasteiger partial charge in [0.25, 0.3) is 0 Å². The molecule has 0 spiro atoms. The number of nitrogens with one attached hydrogen (secondary N) is 1. The highest BCUT2D eigenvalue weighted by Gasteiger charge is 1.92. The van der Waals surface area contributed by atoms with Gasteiger partial charge in [-0.1, -0.05) is 6.08 Å². The van der Waals surface area contributed by atoms with Crippen LogP contribution in [-0.4, -0.2) is 13.7 Å². The Bertz CT molecular complexity index is 266. The predicted octanol–water partition coefficient (Wildman–Crippen LogP) is 3.07. The van der Waals surface area contributed by atoms with Crippen LogP contribution in [0.1, 0.15) is 12.8 Å². The van der Waals surface area contributed by atoms with Crippen LogP contribution in [0, 0.1) is 0 Å². The Balaban J connectivity index is 2.32. The zero-order chi connectivity index (χ0) is 10.2. The molecule has 1 rings (SSSR count). The van der Waals surface area contributed by atoms with Crippen molar-refractivity contribution >= 4 is 5.69 Å². The van der Waals surface area contributed by atoms with Crippen LogP contribution in [0.5, 0.6) is 5.75 Å². The smallest absolute Gasteiger partial charge is 0.119 e. The number of hydrogen-bond acceptors (Lipinski definition) is 2. The highest BCUT2D eigenvalue weighted by Crippen LogP contribution is 2.14. The van der Waals surface area contributed by atoms with E-state index in [0.29, 0.717) is 0 Å². The lowest BCUT2D eigenvalue weighted by atomic mass is 10.2. The van der Waals surface area contributed by atoms with Gasteiger partial charge < -0.3 is 10.1 Å². The quantitative estimate of drug-likeness (QED) is 0.551. The predicted molar refractivity (Wildman–Crippen MR) is 60.9 cm³/mol. The van der Waals surface area contributed by atoms with E-state index in [2.05, 4.69) is 11.9 Å². The molecular formula is C12H17NO. The fourth-order valence-electron chi connectivity index (χ4n) is 1.19.